The first-order valence-corrected chi connectivity index (χ1v) is 12.2. The summed E-state index contributed by atoms with van der Waals surface area (Å²) in [5.41, 5.74) is 0.480. The maximum atomic E-state index is 11.5. The fourth-order valence-electron chi connectivity index (χ4n) is 9.18. The number of carboxylic acid groups (broad SMARTS) is 1. The molecule has 11 atom stereocenters. The van der Waals surface area contributed by atoms with Gasteiger partial charge in [0, 0.05) is 6.42 Å². The summed E-state index contributed by atoms with van der Waals surface area (Å²) in [4.78, 5) is 11.1. The van der Waals surface area contributed by atoms with Gasteiger partial charge in [-0.25, -0.2) is 0 Å². The van der Waals surface area contributed by atoms with Crippen LogP contribution < -0.4 is 0 Å². The highest BCUT2D eigenvalue weighted by atomic mass is 16.4. The van der Waals surface area contributed by atoms with Gasteiger partial charge in [-0.15, -0.1) is 0 Å². The topological polar surface area (TPSA) is 77.8 Å². The lowest BCUT2D eigenvalue weighted by Gasteiger charge is -2.64. The molecule has 0 aliphatic heterocycles. The Hall–Kier alpha value is -0.610. The summed E-state index contributed by atoms with van der Waals surface area (Å²) in [5, 5.41) is 31.0. The predicted molar refractivity (Wildman–Crippen MR) is 113 cm³/mol. The third-order valence-corrected chi connectivity index (χ3v) is 10.7. The molecule has 0 saturated heterocycles. The van der Waals surface area contributed by atoms with Crippen molar-refractivity contribution in [3.63, 3.8) is 0 Å². The van der Waals surface area contributed by atoms with E-state index in [1.807, 2.05) is 0 Å². The van der Waals surface area contributed by atoms with E-state index in [4.69, 9.17) is 5.11 Å². The number of aliphatic carboxylic acids is 1. The fourth-order valence-corrected chi connectivity index (χ4v) is 9.18. The second kappa shape index (κ2) is 7.51. The standard InChI is InChI=1S/C25H42O4/c1-14(5-8-21(27)28)17-6-7-18-22-19(10-12-24(17,18)3)25(4)11-9-16(26)13-20(25)15(2)23(22)29/h14-20,22-23,26,29H,5-13H2,1-4H3,(H,27,28)/t14-,15?,16-,17-,18?,19?,20?,22?,23-,24-,25-/m1/s1. The predicted octanol–water partition coefficient (Wildman–Crippen LogP) is 4.72. The minimum atomic E-state index is -0.685. The van der Waals surface area contributed by atoms with E-state index in [-0.39, 0.29) is 35.4 Å². The lowest BCUT2D eigenvalue weighted by atomic mass is 9.42. The van der Waals surface area contributed by atoms with Crippen LogP contribution in [0.25, 0.3) is 0 Å². The van der Waals surface area contributed by atoms with E-state index >= 15 is 0 Å². The summed E-state index contributed by atoms with van der Waals surface area (Å²) in [6, 6.07) is 0. The van der Waals surface area contributed by atoms with Crippen molar-refractivity contribution in [3.8, 4) is 0 Å². The number of rotatable bonds is 4. The summed E-state index contributed by atoms with van der Waals surface area (Å²) in [5.74, 6) is 2.50. The van der Waals surface area contributed by atoms with Crippen molar-refractivity contribution < 1.29 is 20.1 Å². The first-order valence-electron chi connectivity index (χ1n) is 12.2. The Balaban J connectivity index is 1.59. The van der Waals surface area contributed by atoms with Crippen LogP contribution in [0, 0.1) is 52.3 Å². The molecule has 0 spiro atoms. The van der Waals surface area contributed by atoms with E-state index < -0.39 is 5.97 Å². The van der Waals surface area contributed by atoms with Gasteiger partial charge in [-0.05, 0) is 104 Å². The van der Waals surface area contributed by atoms with Gasteiger partial charge in [0.1, 0.15) is 0 Å². The molecule has 0 bridgehead atoms. The summed E-state index contributed by atoms with van der Waals surface area (Å²) in [7, 11) is 0. The molecular weight excluding hydrogens is 364 g/mol. The van der Waals surface area contributed by atoms with Gasteiger partial charge in [0.2, 0.25) is 0 Å². The zero-order valence-electron chi connectivity index (χ0n) is 18.8. The van der Waals surface area contributed by atoms with Gasteiger partial charge in [-0.2, -0.15) is 0 Å². The normalized spacial score (nSPS) is 52.9. The number of aliphatic hydroxyl groups excluding tert-OH is 2. The third-order valence-electron chi connectivity index (χ3n) is 10.7. The van der Waals surface area contributed by atoms with Gasteiger partial charge < -0.3 is 15.3 Å². The third kappa shape index (κ3) is 3.28. The molecule has 4 heteroatoms. The SMILES string of the molecule is CC1C2C[C@H](O)CC[C@]2(C)C2CC[C@@]3(C)C(CC[C@@H]3[C@H](C)CCC(=O)O)C2[C@@H]1O. The van der Waals surface area contributed by atoms with E-state index in [9.17, 15) is 15.0 Å². The summed E-state index contributed by atoms with van der Waals surface area (Å²) < 4.78 is 0. The molecule has 0 radical (unpaired) electrons. The van der Waals surface area contributed by atoms with Gasteiger partial charge in [0.15, 0.2) is 0 Å². The molecule has 4 fully saturated rings. The molecule has 166 valence electrons. The van der Waals surface area contributed by atoms with Crippen molar-refractivity contribution in [2.45, 2.75) is 97.7 Å². The molecule has 0 aromatic rings. The van der Waals surface area contributed by atoms with Crippen molar-refractivity contribution in [1.29, 1.82) is 0 Å². The number of aliphatic hydroxyl groups is 2. The first-order chi connectivity index (χ1) is 13.6. The smallest absolute Gasteiger partial charge is 0.303 e. The van der Waals surface area contributed by atoms with E-state index in [2.05, 4.69) is 27.7 Å². The van der Waals surface area contributed by atoms with Crippen LogP contribution in [0.15, 0.2) is 0 Å². The molecule has 0 aromatic heterocycles. The average molecular weight is 407 g/mol. The highest BCUT2D eigenvalue weighted by molar-refractivity contribution is 5.66. The molecule has 4 nitrogen and oxygen atoms in total. The van der Waals surface area contributed by atoms with E-state index in [1.165, 1.54) is 25.7 Å². The number of carboxylic acids is 1. The lowest BCUT2D eigenvalue weighted by Crippen LogP contribution is -2.61. The first kappa shape index (κ1) is 21.6. The Morgan fingerprint density at radius 3 is 2.34 bits per heavy atom. The summed E-state index contributed by atoms with van der Waals surface area (Å²) in [6.45, 7) is 9.41. The number of fused-ring (bicyclic) bond motifs is 5. The molecule has 5 unspecified atom stereocenters. The van der Waals surface area contributed by atoms with Crippen LogP contribution in [-0.2, 0) is 4.79 Å². The Morgan fingerprint density at radius 1 is 1.00 bits per heavy atom. The number of hydrogen-bond donors (Lipinski definition) is 3. The van der Waals surface area contributed by atoms with Crippen LogP contribution in [0.1, 0.15) is 85.5 Å². The molecule has 0 amide bonds. The Bertz CT molecular complexity index is 634. The Kier molecular flexibility index (Phi) is 5.60. The van der Waals surface area contributed by atoms with Crippen molar-refractivity contribution in [3.05, 3.63) is 0 Å². The van der Waals surface area contributed by atoms with Gasteiger partial charge >= 0.3 is 5.97 Å². The molecule has 4 rings (SSSR count). The van der Waals surface area contributed by atoms with Gasteiger partial charge in [-0.3, -0.25) is 4.79 Å². The second-order valence-electron chi connectivity index (χ2n) is 11.8. The Labute approximate surface area is 176 Å². The van der Waals surface area contributed by atoms with E-state index in [1.54, 1.807) is 0 Å². The van der Waals surface area contributed by atoms with Crippen LogP contribution in [0.4, 0.5) is 0 Å². The molecule has 29 heavy (non-hydrogen) atoms. The molecule has 3 N–H and O–H groups in total. The van der Waals surface area contributed by atoms with Crippen LogP contribution in [-0.4, -0.2) is 33.5 Å². The van der Waals surface area contributed by atoms with Crippen molar-refractivity contribution in [1.82, 2.24) is 0 Å². The molecule has 0 aromatic carbocycles. The molecule has 0 heterocycles. The van der Waals surface area contributed by atoms with Gasteiger partial charge in [-0.1, -0.05) is 27.7 Å². The highest BCUT2D eigenvalue weighted by Gasteiger charge is 2.64. The summed E-state index contributed by atoms with van der Waals surface area (Å²) >= 11 is 0. The van der Waals surface area contributed by atoms with Crippen LogP contribution in [0.3, 0.4) is 0 Å². The van der Waals surface area contributed by atoms with Crippen LogP contribution in [0.2, 0.25) is 0 Å². The maximum Gasteiger partial charge on any atom is 0.303 e. The Morgan fingerprint density at radius 2 is 1.66 bits per heavy atom. The summed E-state index contributed by atoms with van der Waals surface area (Å²) in [6.07, 6.45) is 8.22. The maximum absolute atomic E-state index is 11.5. The average Bonchev–Trinajstić information content (AvgIpc) is 3.02. The van der Waals surface area contributed by atoms with Crippen molar-refractivity contribution in [2.24, 2.45) is 52.3 Å². The lowest BCUT2D eigenvalue weighted by molar-refractivity contribution is -0.199. The fraction of sp³-hybridized carbons (Fsp3) is 0.960. The zero-order chi connectivity index (χ0) is 21.1. The molecule has 4 aliphatic carbocycles. The minimum Gasteiger partial charge on any atom is -0.481 e. The monoisotopic (exact) mass is 406 g/mol. The minimum absolute atomic E-state index is 0.195. The van der Waals surface area contributed by atoms with Gasteiger partial charge in [0.05, 0.1) is 12.2 Å². The van der Waals surface area contributed by atoms with Crippen molar-refractivity contribution in [2.75, 3.05) is 0 Å². The van der Waals surface area contributed by atoms with Crippen LogP contribution in [0.5, 0.6) is 0 Å². The largest absolute Gasteiger partial charge is 0.481 e. The molecule has 4 saturated carbocycles. The van der Waals surface area contributed by atoms with E-state index in [0.29, 0.717) is 35.5 Å². The van der Waals surface area contributed by atoms with Gasteiger partial charge in [0.25, 0.3) is 0 Å². The quantitative estimate of drug-likeness (QED) is 0.631. The van der Waals surface area contributed by atoms with Crippen LogP contribution >= 0.6 is 0 Å². The number of carbonyl (C=O) groups is 1. The molecular formula is C25H42O4. The molecule has 4 aliphatic rings. The second-order valence-corrected chi connectivity index (χ2v) is 11.8. The number of hydrogen-bond acceptors (Lipinski definition) is 3. The van der Waals surface area contributed by atoms with E-state index in [0.717, 1.165) is 25.7 Å². The van der Waals surface area contributed by atoms with Crippen molar-refractivity contribution >= 4 is 5.97 Å². The highest BCUT2D eigenvalue weighted by Crippen LogP contribution is 2.69. The zero-order valence-corrected chi connectivity index (χ0v) is 18.8.